The van der Waals surface area contributed by atoms with E-state index in [0.717, 1.165) is 5.56 Å². The highest BCUT2D eigenvalue weighted by atomic mass is 19.1. The van der Waals surface area contributed by atoms with Gasteiger partial charge in [-0.1, -0.05) is 12.1 Å². The lowest BCUT2D eigenvalue weighted by molar-refractivity contribution is -0.121. The number of hydrogen-bond donors (Lipinski definition) is 2. The van der Waals surface area contributed by atoms with Gasteiger partial charge in [0.25, 0.3) is 0 Å². The second kappa shape index (κ2) is 6.23. The highest BCUT2D eigenvalue weighted by molar-refractivity contribution is 5.75. The molecule has 0 saturated heterocycles. The number of hydrogen-bond acceptors (Lipinski definition) is 2. The van der Waals surface area contributed by atoms with Crippen LogP contribution in [0.4, 0.5) is 4.39 Å². The lowest BCUT2D eigenvalue weighted by Gasteiger charge is -2.06. The van der Waals surface area contributed by atoms with Gasteiger partial charge in [-0.05, 0) is 31.0 Å². The zero-order valence-electron chi connectivity index (χ0n) is 9.37. The van der Waals surface area contributed by atoms with Gasteiger partial charge in [0.15, 0.2) is 0 Å². The zero-order valence-corrected chi connectivity index (χ0v) is 9.37. The van der Waals surface area contributed by atoms with Crippen molar-refractivity contribution in [3.63, 3.8) is 0 Å². The molecule has 0 unspecified atom stereocenters. The molecular weight excluding hydrogens is 207 g/mol. The third-order valence-electron chi connectivity index (χ3n) is 2.23. The molecule has 1 atom stereocenters. The molecule has 0 aromatic heterocycles. The zero-order chi connectivity index (χ0) is 12.0. The number of carbonyl (C=O) groups is 1. The van der Waals surface area contributed by atoms with E-state index in [1.807, 2.05) is 6.92 Å². The van der Waals surface area contributed by atoms with E-state index in [1.54, 1.807) is 12.1 Å². The summed E-state index contributed by atoms with van der Waals surface area (Å²) in [6.45, 7) is 2.30. The molecule has 1 aromatic rings. The van der Waals surface area contributed by atoms with Gasteiger partial charge in [-0.25, -0.2) is 4.39 Å². The Morgan fingerprint density at radius 3 is 2.62 bits per heavy atom. The quantitative estimate of drug-likeness (QED) is 0.797. The van der Waals surface area contributed by atoms with Crippen LogP contribution >= 0.6 is 0 Å². The number of benzene rings is 1. The molecule has 0 heterocycles. The third kappa shape index (κ3) is 4.89. The molecule has 4 heteroatoms. The first-order valence-corrected chi connectivity index (χ1v) is 5.34. The topological polar surface area (TPSA) is 55.1 Å². The Kier molecular flexibility index (Phi) is 4.92. The summed E-state index contributed by atoms with van der Waals surface area (Å²) in [5.74, 6) is -0.298. The van der Waals surface area contributed by atoms with Crippen molar-refractivity contribution in [1.82, 2.24) is 5.32 Å². The molecule has 1 amide bonds. The van der Waals surface area contributed by atoms with Gasteiger partial charge in [-0.15, -0.1) is 0 Å². The van der Waals surface area contributed by atoms with Crippen molar-refractivity contribution >= 4 is 5.91 Å². The van der Waals surface area contributed by atoms with Crippen LogP contribution in [0, 0.1) is 5.82 Å². The predicted molar refractivity (Wildman–Crippen MR) is 61.1 cm³/mol. The number of nitrogens with two attached hydrogens (primary N) is 1. The molecule has 16 heavy (non-hydrogen) atoms. The normalized spacial score (nSPS) is 12.2. The van der Waals surface area contributed by atoms with Gasteiger partial charge < -0.3 is 11.1 Å². The van der Waals surface area contributed by atoms with Gasteiger partial charge in [0, 0.05) is 19.0 Å². The molecule has 0 spiro atoms. The number of carbonyl (C=O) groups excluding carboxylic acids is 1. The molecule has 3 nitrogen and oxygen atoms in total. The average molecular weight is 224 g/mol. The molecular formula is C12H17FN2O. The van der Waals surface area contributed by atoms with Crippen LogP contribution in [0.2, 0.25) is 0 Å². The number of amides is 1. The first-order chi connectivity index (χ1) is 7.58. The molecule has 0 fully saturated rings. The van der Waals surface area contributed by atoms with Gasteiger partial charge in [0.05, 0.1) is 0 Å². The maximum atomic E-state index is 12.6. The Balaban J connectivity index is 2.29. The fourth-order valence-electron chi connectivity index (χ4n) is 1.25. The molecule has 1 rings (SSSR count). The van der Waals surface area contributed by atoms with Crippen LogP contribution in [0.25, 0.3) is 0 Å². The smallest absolute Gasteiger partial charge is 0.220 e. The van der Waals surface area contributed by atoms with Crippen molar-refractivity contribution < 1.29 is 9.18 Å². The van der Waals surface area contributed by atoms with Crippen LogP contribution in [-0.2, 0) is 11.3 Å². The molecule has 0 aliphatic heterocycles. The first kappa shape index (κ1) is 12.6. The molecule has 0 radical (unpaired) electrons. The summed E-state index contributed by atoms with van der Waals surface area (Å²) in [7, 11) is 0. The van der Waals surface area contributed by atoms with Crippen molar-refractivity contribution in [1.29, 1.82) is 0 Å². The fraction of sp³-hybridized carbons (Fsp3) is 0.417. The Hall–Kier alpha value is -1.42. The van der Waals surface area contributed by atoms with E-state index in [1.165, 1.54) is 12.1 Å². The third-order valence-corrected chi connectivity index (χ3v) is 2.23. The fourth-order valence-corrected chi connectivity index (χ4v) is 1.25. The Morgan fingerprint density at radius 1 is 1.44 bits per heavy atom. The van der Waals surface area contributed by atoms with Gasteiger partial charge in [0.1, 0.15) is 5.82 Å². The van der Waals surface area contributed by atoms with Crippen molar-refractivity contribution in [2.75, 3.05) is 0 Å². The summed E-state index contributed by atoms with van der Waals surface area (Å²) in [6.07, 6.45) is 1.11. The van der Waals surface area contributed by atoms with E-state index in [2.05, 4.69) is 5.32 Å². The molecule has 3 N–H and O–H groups in total. The van der Waals surface area contributed by atoms with Crippen LogP contribution in [0.5, 0.6) is 0 Å². The second-order valence-corrected chi connectivity index (χ2v) is 3.92. The number of halogens is 1. The van der Waals surface area contributed by atoms with Gasteiger partial charge in [-0.3, -0.25) is 4.79 Å². The van der Waals surface area contributed by atoms with Gasteiger partial charge in [-0.2, -0.15) is 0 Å². The van der Waals surface area contributed by atoms with Gasteiger partial charge >= 0.3 is 0 Å². The largest absolute Gasteiger partial charge is 0.352 e. The summed E-state index contributed by atoms with van der Waals surface area (Å²) in [4.78, 5) is 11.3. The molecule has 88 valence electrons. The first-order valence-electron chi connectivity index (χ1n) is 5.34. The Labute approximate surface area is 94.8 Å². The summed E-state index contributed by atoms with van der Waals surface area (Å²) >= 11 is 0. The van der Waals surface area contributed by atoms with E-state index in [4.69, 9.17) is 5.73 Å². The Morgan fingerprint density at radius 2 is 2.06 bits per heavy atom. The molecule has 0 aliphatic carbocycles. The van der Waals surface area contributed by atoms with E-state index >= 15 is 0 Å². The Bertz CT molecular complexity index is 335. The summed E-state index contributed by atoms with van der Waals surface area (Å²) in [5, 5.41) is 2.76. The van der Waals surface area contributed by atoms with Crippen molar-refractivity contribution in [3.8, 4) is 0 Å². The number of rotatable bonds is 5. The van der Waals surface area contributed by atoms with Crippen LogP contribution in [0.1, 0.15) is 25.3 Å². The monoisotopic (exact) mass is 224 g/mol. The standard InChI is InChI=1S/C12H17FN2O/c1-9(14)2-7-12(16)15-8-10-3-5-11(13)6-4-10/h3-6,9H,2,7-8,14H2,1H3,(H,15,16)/t9-/m1/s1. The average Bonchev–Trinajstić information content (AvgIpc) is 2.25. The molecule has 1 aromatic carbocycles. The predicted octanol–water partition coefficient (Wildman–Crippen LogP) is 1.57. The van der Waals surface area contributed by atoms with E-state index in [0.29, 0.717) is 19.4 Å². The lowest BCUT2D eigenvalue weighted by Crippen LogP contribution is -2.25. The van der Waals surface area contributed by atoms with Crippen LogP contribution < -0.4 is 11.1 Å². The van der Waals surface area contributed by atoms with Crippen molar-refractivity contribution in [2.24, 2.45) is 5.73 Å². The van der Waals surface area contributed by atoms with E-state index in [9.17, 15) is 9.18 Å². The minimum absolute atomic E-state index is 0.0263. The second-order valence-electron chi connectivity index (χ2n) is 3.92. The summed E-state index contributed by atoms with van der Waals surface area (Å²) < 4.78 is 12.6. The summed E-state index contributed by atoms with van der Waals surface area (Å²) in [5.41, 5.74) is 6.43. The maximum Gasteiger partial charge on any atom is 0.220 e. The summed E-state index contributed by atoms with van der Waals surface area (Å²) in [6, 6.07) is 6.10. The van der Waals surface area contributed by atoms with E-state index in [-0.39, 0.29) is 17.8 Å². The highest BCUT2D eigenvalue weighted by Gasteiger charge is 2.03. The van der Waals surface area contributed by atoms with Crippen LogP contribution in [0.15, 0.2) is 24.3 Å². The maximum absolute atomic E-state index is 12.6. The molecule has 0 aliphatic rings. The van der Waals surface area contributed by atoms with Crippen molar-refractivity contribution in [2.45, 2.75) is 32.4 Å². The minimum atomic E-state index is -0.271. The van der Waals surface area contributed by atoms with Crippen LogP contribution in [-0.4, -0.2) is 11.9 Å². The highest BCUT2D eigenvalue weighted by Crippen LogP contribution is 2.02. The van der Waals surface area contributed by atoms with E-state index < -0.39 is 0 Å². The van der Waals surface area contributed by atoms with Crippen LogP contribution in [0.3, 0.4) is 0 Å². The SMILES string of the molecule is C[C@@H](N)CCC(=O)NCc1ccc(F)cc1. The molecule has 0 saturated carbocycles. The van der Waals surface area contributed by atoms with Gasteiger partial charge in [0.2, 0.25) is 5.91 Å². The molecule has 0 bridgehead atoms. The number of nitrogens with one attached hydrogen (secondary N) is 1. The van der Waals surface area contributed by atoms with Crippen molar-refractivity contribution in [3.05, 3.63) is 35.6 Å². The minimum Gasteiger partial charge on any atom is -0.352 e. The lowest BCUT2D eigenvalue weighted by atomic mass is 10.2.